The van der Waals surface area contributed by atoms with Crippen molar-refractivity contribution in [3.63, 3.8) is 0 Å². The number of carbonyl (C=O) groups is 1. The number of amides is 1. The highest BCUT2D eigenvalue weighted by Gasteiger charge is 1.97. The molecule has 0 aliphatic rings. The van der Waals surface area contributed by atoms with E-state index in [-0.39, 0.29) is 5.91 Å². The Bertz CT molecular complexity index is 312. The molecule has 14 heavy (non-hydrogen) atoms. The van der Waals surface area contributed by atoms with Gasteiger partial charge in [-0.15, -0.1) is 0 Å². The van der Waals surface area contributed by atoms with E-state index < -0.39 is 0 Å². The van der Waals surface area contributed by atoms with E-state index in [9.17, 15) is 4.79 Å². The summed E-state index contributed by atoms with van der Waals surface area (Å²) in [6.45, 7) is 2.77. The SMILES string of the molecule is Cc1cccc(CCNC(=O)CBr)c1. The zero-order valence-corrected chi connectivity index (χ0v) is 9.80. The average Bonchev–Trinajstić information content (AvgIpc) is 2.17. The lowest BCUT2D eigenvalue weighted by atomic mass is 10.1. The van der Waals surface area contributed by atoms with Crippen LogP contribution in [0.3, 0.4) is 0 Å². The number of hydrogen-bond acceptors (Lipinski definition) is 1. The molecule has 76 valence electrons. The summed E-state index contributed by atoms with van der Waals surface area (Å²) >= 11 is 3.10. The maximum atomic E-state index is 10.9. The topological polar surface area (TPSA) is 29.1 Å². The van der Waals surface area contributed by atoms with Gasteiger partial charge in [-0.05, 0) is 18.9 Å². The van der Waals surface area contributed by atoms with Crippen molar-refractivity contribution in [1.82, 2.24) is 5.32 Å². The van der Waals surface area contributed by atoms with E-state index >= 15 is 0 Å². The van der Waals surface area contributed by atoms with Gasteiger partial charge < -0.3 is 5.32 Å². The van der Waals surface area contributed by atoms with E-state index in [1.54, 1.807) is 0 Å². The summed E-state index contributed by atoms with van der Waals surface area (Å²) < 4.78 is 0. The lowest BCUT2D eigenvalue weighted by molar-refractivity contribution is -0.118. The summed E-state index contributed by atoms with van der Waals surface area (Å²) in [4.78, 5) is 10.9. The number of alkyl halides is 1. The molecule has 1 amide bonds. The van der Waals surface area contributed by atoms with Gasteiger partial charge in [0, 0.05) is 6.54 Å². The first kappa shape index (κ1) is 11.2. The predicted octanol–water partition coefficient (Wildman–Crippen LogP) is 2.05. The Hall–Kier alpha value is -0.830. The zero-order chi connectivity index (χ0) is 10.4. The van der Waals surface area contributed by atoms with Gasteiger partial charge in [-0.1, -0.05) is 45.8 Å². The van der Waals surface area contributed by atoms with Crippen molar-refractivity contribution in [2.24, 2.45) is 0 Å². The molecule has 3 heteroatoms. The second kappa shape index (κ2) is 5.81. The summed E-state index contributed by atoms with van der Waals surface area (Å²) in [7, 11) is 0. The summed E-state index contributed by atoms with van der Waals surface area (Å²) in [6.07, 6.45) is 0.889. The molecule has 1 aromatic carbocycles. The summed E-state index contributed by atoms with van der Waals surface area (Å²) in [6, 6.07) is 8.32. The number of halogens is 1. The van der Waals surface area contributed by atoms with Crippen molar-refractivity contribution in [1.29, 1.82) is 0 Å². The van der Waals surface area contributed by atoms with Crippen LogP contribution in [-0.2, 0) is 11.2 Å². The quantitative estimate of drug-likeness (QED) is 0.821. The fourth-order valence-corrected chi connectivity index (χ4v) is 1.46. The van der Waals surface area contributed by atoms with Crippen molar-refractivity contribution in [2.75, 3.05) is 11.9 Å². The Kier molecular flexibility index (Phi) is 4.66. The molecule has 0 heterocycles. The van der Waals surface area contributed by atoms with Gasteiger partial charge in [-0.25, -0.2) is 0 Å². The third-order valence-electron chi connectivity index (χ3n) is 1.94. The van der Waals surface area contributed by atoms with Crippen LogP contribution < -0.4 is 5.32 Å². The third-order valence-corrected chi connectivity index (χ3v) is 2.45. The molecular weight excluding hydrogens is 242 g/mol. The Morgan fingerprint density at radius 1 is 1.50 bits per heavy atom. The van der Waals surface area contributed by atoms with Crippen LogP contribution in [0.25, 0.3) is 0 Å². The average molecular weight is 256 g/mol. The molecule has 0 aliphatic heterocycles. The zero-order valence-electron chi connectivity index (χ0n) is 8.22. The molecule has 1 aromatic rings. The first-order valence-corrected chi connectivity index (χ1v) is 5.72. The third kappa shape index (κ3) is 3.92. The molecule has 0 spiro atoms. The lowest BCUT2D eigenvalue weighted by Gasteiger charge is -2.03. The Morgan fingerprint density at radius 3 is 2.93 bits per heavy atom. The fraction of sp³-hybridized carbons (Fsp3) is 0.364. The number of carbonyl (C=O) groups excluding carboxylic acids is 1. The fourth-order valence-electron chi connectivity index (χ4n) is 1.26. The van der Waals surface area contributed by atoms with E-state index in [1.165, 1.54) is 11.1 Å². The molecule has 0 bridgehead atoms. The van der Waals surface area contributed by atoms with Crippen LogP contribution >= 0.6 is 15.9 Å². The molecular formula is C11H14BrNO. The Labute approximate surface area is 92.8 Å². The first-order chi connectivity index (χ1) is 6.72. The van der Waals surface area contributed by atoms with Crippen LogP contribution in [0, 0.1) is 6.92 Å². The first-order valence-electron chi connectivity index (χ1n) is 4.60. The number of benzene rings is 1. The van der Waals surface area contributed by atoms with Crippen LogP contribution in [0.1, 0.15) is 11.1 Å². The van der Waals surface area contributed by atoms with Gasteiger partial charge in [-0.3, -0.25) is 4.79 Å². The van der Waals surface area contributed by atoms with Crippen LogP contribution in [-0.4, -0.2) is 17.8 Å². The molecule has 0 unspecified atom stereocenters. The van der Waals surface area contributed by atoms with Gasteiger partial charge >= 0.3 is 0 Å². The Balaban J connectivity index is 2.35. The highest BCUT2D eigenvalue weighted by molar-refractivity contribution is 9.09. The van der Waals surface area contributed by atoms with Gasteiger partial charge in [-0.2, -0.15) is 0 Å². The molecule has 0 fully saturated rings. The lowest BCUT2D eigenvalue weighted by Crippen LogP contribution is -2.26. The predicted molar refractivity (Wildman–Crippen MR) is 61.7 cm³/mol. The van der Waals surface area contributed by atoms with Crippen molar-refractivity contribution < 1.29 is 4.79 Å². The molecule has 0 radical (unpaired) electrons. The van der Waals surface area contributed by atoms with E-state index in [1.807, 2.05) is 6.07 Å². The largest absolute Gasteiger partial charge is 0.355 e. The monoisotopic (exact) mass is 255 g/mol. The van der Waals surface area contributed by atoms with Crippen molar-refractivity contribution in [3.05, 3.63) is 35.4 Å². The minimum Gasteiger partial charge on any atom is -0.355 e. The second-order valence-electron chi connectivity index (χ2n) is 3.22. The summed E-state index contributed by atoms with van der Waals surface area (Å²) in [5.74, 6) is 0.0395. The van der Waals surface area contributed by atoms with Crippen LogP contribution in [0.15, 0.2) is 24.3 Å². The highest BCUT2D eigenvalue weighted by Crippen LogP contribution is 2.03. The highest BCUT2D eigenvalue weighted by atomic mass is 79.9. The van der Waals surface area contributed by atoms with Crippen LogP contribution in [0.4, 0.5) is 0 Å². The molecule has 0 aliphatic carbocycles. The summed E-state index contributed by atoms with van der Waals surface area (Å²) in [5, 5.41) is 3.19. The van der Waals surface area contributed by atoms with E-state index in [2.05, 4.69) is 46.4 Å². The van der Waals surface area contributed by atoms with Gasteiger partial charge in [0.25, 0.3) is 0 Å². The van der Waals surface area contributed by atoms with E-state index in [0.29, 0.717) is 11.9 Å². The molecule has 1 N–H and O–H groups in total. The van der Waals surface area contributed by atoms with Crippen LogP contribution in [0.5, 0.6) is 0 Å². The minimum absolute atomic E-state index is 0.0395. The molecule has 0 saturated carbocycles. The van der Waals surface area contributed by atoms with E-state index in [4.69, 9.17) is 0 Å². The maximum absolute atomic E-state index is 10.9. The van der Waals surface area contributed by atoms with Crippen molar-refractivity contribution >= 4 is 21.8 Å². The smallest absolute Gasteiger partial charge is 0.230 e. The molecule has 0 aromatic heterocycles. The molecule has 1 rings (SSSR count). The van der Waals surface area contributed by atoms with Crippen LogP contribution in [0.2, 0.25) is 0 Å². The number of rotatable bonds is 4. The Morgan fingerprint density at radius 2 is 2.29 bits per heavy atom. The van der Waals surface area contributed by atoms with Gasteiger partial charge in [0.2, 0.25) is 5.91 Å². The maximum Gasteiger partial charge on any atom is 0.230 e. The second-order valence-corrected chi connectivity index (χ2v) is 3.78. The molecule has 2 nitrogen and oxygen atoms in total. The molecule has 0 saturated heterocycles. The number of aryl methyl sites for hydroxylation is 1. The van der Waals surface area contributed by atoms with E-state index in [0.717, 1.165) is 6.42 Å². The minimum atomic E-state index is 0.0395. The van der Waals surface area contributed by atoms with Crippen molar-refractivity contribution in [2.45, 2.75) is 13.3 Å². The standard InChI is InChI=1S/C11H14BrNO/c1-9-3-2-4-10(7-9)5-6-13-11(14)8-12/h2-4,7H,5-6,8H2,1H3,(H,13,14). The van der Waals surface area contributed by atoms with Gasteiger partial charge in [0.05, 0.1) is 5.33 Å². The number of nitrogens with one attached hydrogen (secondary N) is 1. The number of hydrogen-bond donors (Lipinski definition) is 1. The normalized spacial score (nSPS) is 9.86. The van der Waals surface area contributed by atoms with Gasteiger partial charge in [0.15, 0.2) is 0 Å². The van der Waals surface area contributed by atoms with Crippen molar-refractivity contribution in [3.8, 4) is 0 Å². The summed E-state index contributed by atoms with van der Waals surface area (Å²) in [5.41, 5.74) is 2.52. The molecule has 0 atom stereocenters. The van der Waals surface area contributed by atoms with Gasteiger partial charge in [0.1, 0.15) is 0 Å².